The van der Waals surface area contributed by atoms with Crippen molar-refractivity contribution in [3.8, 4) is 5.69 Å². The summed E-state index contributed by atoms with van der Waals surface area (Å²) in [6.45, 7) is 0.683. The van der Waals surface area contributed by atoms with Gasteiger partial charge in [0.25, 0.3) is 5.91 Å². The lowest BCUT2D eigenvalue weighted by molar-refractivity contribution is 0.0953. The zero-order valence-corrected chi connectivity index (χ0v) is 13.6. The monoisotopic (exact) mass is 319 g/mol. The Labute approximate surface area is 142 Å². The molecule has 1 N–H and O–H groups in total. The minimum atomic E-state index is -0.0723. The molecule has 0 aliphatic carbocycles. The van der Waals surface area contributed by atoms with Crippen LogP contribution < -0.4 is 5.32 Å². The van der Waals surface area contributed by atoms with Gasteiger partial charge in [0.1, 0.15) is 0 Å². The highest BCUT2D eigenvalue weighted by Crippen LogP contribution is 2.08. The molecule has 0 atom stereocenters. The second-order valence-electron chi connectivity index (χ2n) is 5.71. The molecule has 0 saturated heterocycles. The van der Waals surface area contributed by atoms with Gasteiger partial charge in [0.05, 0.1) is 17.4 Å². The fourth-order valence-electron chi connectivity index (χ4n) is 2.56. The molecule has 0 saturated carbocycles. The number of carbonyl (C=O) groups excluding carboxylic acids is 1. The highest BCUT2D eigenvalue weighted by molar-refractivity contribution is 5.93. The van der Waals surface area contributed by atoms with Crippen LogP contribution in [-0.4, -0.2) is 22.2 Å². The molecule has 24 heavy (non-hydrogen) atoms. The van der Waals surface area contributed by atoms with Gasteiger partial charge in [-0.2, -0.15) is 5.10 Å². The average Bonchev–Trinajstić information content (AvgIpc) is 3.13. The molecule has 4 heteroatoms. The Kier molecular flexibility index (Phi) is 5.40. The first-order chi connectivity index (χ1) is 11.8. The predicted molar refractivity (Wildman–Crippen MR) is 95.3 cm³/mol. The van der Waals surface area contributed by atoms with Crippen LogP contribution in [-0.2, 0) is 6.42 Å². The molecule has 1 heterocycles. The minimum absolute atomic E-state index is 0.0723. The SMILES string of the molecule is O=C(NCCCCc1ccccc1)c1cnn(-c2ccccc2)c1. The summed E-state index contributed by atoms with van der Waals surface area (Å²) in [5.41, 5.74) is 2.87. The smallest absolute Gasteiger partial charge is 0.254 e. The van der Waals surface area contributed by atoms with E-state index in [0.717, 1.165) is 24.9 Å². The Balaban J connectivity index is 1.43. The number of aryl methyl sites for hydroxylation is 1. The van der Waals surface area contributed by atoms with E-state index in [-0.39, 0.29) is 5.91 Å². The lowest BCUT2D eigenvalue weighted by Gasteiger charge is -2.04. The first-order valence-corrected chi connectivity index (χ1v) is 8.25. The van der Waals surface area contributed by atoms with E-state index in [2.05, 4.69) is 34.7 Å². The van der Waals surface area contributed by atoms with Crippen LogP contribution in [0.25, 0.3) is 5.69 Å². The van der Waals surface area contributed by atoms with Gasteiger partial charge in [-0.05, 0) is 37.0 Å². The summed E-state index contributed by atoms with van der Waals surface area (Å²) in [5, 5.41) is 7.21. The summed E-state index contributed by atoms with van der Waals surface area (Å²) >= 11 is 0. The Morgan fingerprint density at radius 2 is 1.67 bits per heavy atom. The third kappa shape index (κ3) is 4.32. The van der Waals surface area contributed by atoms with Crippen molar-refractivity contribution in [1.82, 2.24) is 15.1 Å². The van der Waals surface area contributed by atoms with Gasteiger partial charge in [-0.15, -0.1) is 0 Å². The summed E-state index contributed by atoms with van der Waals surface area (Å²) < 4.78 is 1.71. The Bertz CT molecular complexity index is 766. The molecule has 0 unspecified atom stereocenters. The molecule has 3 rings (SSSR count). The van der Waals surface area contributed by atoms with Crippen molar-refractivity contribution in [3.63, 3.8) is 0 Å². The van der Waals surface area contributed by atoms with Crippen LogP contribution in [0, 0.1) is 0 Å². The normalized spacial score (nSPS) is 10.5. The summed E-state index contributed by atoms with van der Waals surface area (Å²) in [6.07, 6.45) is 6.44. The molecule has 4 nitrogen and oxygen atoms in total. The van der Waals surface area contributed by atoms with E-state index in [1.165, 1.54) is 5.56 Å². The van der Waals surface area contributed by atoms with Gasteiger partial charge in [-0.25, -0.2) is 4.68 Å². The summed E-state index contributed by atoms with van der Waals surface area (Å²) in [5.74, 6) is -0.0723. The zero-order chi connectivity index (χ0) is 16.6. The lowest BCUT2D eigenvalue weighted by Crippen LogP contribution is -2.24. The number of benzene rings is 2. The summed E-state index contributed by atoms with van der Waals surface area (Å²) in [6, 6.07) is 20.2. The van der Waals surface area contributed by atoms with Crippen LogP contribution >= 0.6 is 0 Å². The number of hydrogen-bond acceptors (Lipinski definition) is 2. The number of rotatable bonds is 7. The molecule has 0 radical (unpaired) electrons. The molecule has 1 aromatic heterocycles. The van der Waals surface area contributed by atoms with E-state index >= 15 is 0 Å². The average molecular weight is 319 g/mol. The topological polar surface area (TPSA) is 46.9 Å². The van der Waals surface area contributed by atoms with Gasteiger partial charge in [0.15, 0.2) is 0 Å². The predicted octanol–water partition coefficient (Wildman–Crippen LogP) is 3.63. The van der Waals surface area contributed by atoms with E-state index in [1.807, 2.05) is 36.4 Å². The second kappa shape index (κ2) is 8.11. The fraction of sp³-hybridized carbons (Fsp3) is 0.200. The third-order valence-electron chi connectivity index (χ3n) is 3.89. The standard InChI is InChI=1S/C20H21N3O/c24-20(21-14-8-7-11-17-9-3-1-4-10-17)18-15-22-23(16-18)19-12-5-2-6-13-19/h1-6,9-10,12-13,15-16H,7-8,11,14H2,(H,21,24). The van der Waals surface area contributed by atoms with Crippen LogP contribution in [0.1, 0.15) is 28.8 Å². The van der Waals surface area contributed by atoms with Crippen LogP contribution in [0.3, 0.4) is 0 Å². The largest absolute Gasteiger partial charge is 0.352 e. The van der Waals surface area contributed by atoms with E-state index in [1.54, 1.807) is 17.1 Å². The van der Waals surface area contributed by atoms with Gasteiger partial charge in [-0.3, -0.25) is 4.79 Å². The molecule has 3 aromatic rings. The number of carbonyl (C=O) groups is 1. The van der Waals surface area contributed by atoms with Crippen molar-refractivity contribution in [2.24, 2.45) is 0 Å². The Morgan fingerprint density at radius 1 is 0.958 bits per heavy atom. The quantitative estimate of drug-likeness (QED) is 0.676. The van der Waals surface area contributed by atoms with E-state index < -0.39 is 0 Å². The fourth-order valence-corrected chi connectivity index (χ4v) is 2.56. The van der Waals surface area contributed by atoms with Gasteiger partial charge in [0, 0.05) is 12.7 Å². The maximum Gasteiger partial charge on any atom is 0.254 e. The second-order valence-corrected chi connectivity index (χ2v) is 5.71. The summed E-state index contributed by atoms with van der Waals surface area (Å²) in [4.78, 5) is 12.2. The first-order valence-electron chi connectivity index (χ1n) is 8.25. The highest BCUT2D eigenvalue weighted by Gasteiger charge is 2.08. The molecular weight excluding hydrogens is 298 g/mol. The van der Waals surface area contributed by atoms with Gasteiger partial charge in [-0.1, -0.05) is 48.5 Å². The highest BCUT2D eigenvalue weighted by atomic mass is 16.1. The van der Waals surface area contributed by atoms with Crippen LogP contribution in [0.5, 0.6) is 0 Å². The van der Waals surface area contributed by atoms with Crippen LogP contribution in [0.2, 0.25) is 0 Å². The number of unbranched alkanes of at least 4 members (excludes halogenated alkanes) is 1. The van der Waals surface area contributed by atoms with Crippen molar-refractivity contribution in [2.75, 3.05) is 6.54 Å². The maximum atomic E-state index is 12.2. The molecule has 0 aliphatic heterocycles. The molecule has 0 spiro atoms. The number of para-hydroxylation sites is 1. The van der Waals surface area contributed by atoms with E-state index in [4.69, 9.17) is 0 Å². The molecular formula is C20H21N3O. The van der Waals surface area contributed by atoms with Crippen LogP contribution in [0.4, 0.5) is 0 Å². The van der Waals surface area contributed by atoms with Crippen molar-refractivity contribution >= 4 is 5.91 Å². The summed E-state index contributed by atoms with van der Waals surface area (Å²) in [7, 11) is 0. The van der Waals surface area contributed by atoms with E-state index in [9.17, 15) is 4.79 Å². The number of amides is 1. The zero-order valence-electron chi connectivity index (χ0n) is 13.6. The van der Waals surface area contributed by atoms with Crippen molar-refractivity contribution in [1.29, 1.82) is 0 Å². The molecule has 2 aromatic carbocycles. The Morgan fingerprint density at radius 3 is 2.42 bits per heavy atom. The first kappa shape index (κ1) is 16.0. The number of aromatic nitrogens is 2. The van der Waals surface area contributed by atoms with Crippen LogP contribution in [0.15, 0.2) is 73.1 Å². The molecule has 0 aliphatic rings. The van der Waals surface area contributed by atoms with Crippen molar-refractivity contribution < 1.29 is 4.79 Å². The molecule has 0 bridgehead atoms. The molecule has 1 amide bonds. The van der Waals surface area contributed by atoms with Gasteiger partial charge in [0.2, 0.25) is 0 Å². The maximum absolute atomic E-state index is 12.2. The minimum Gasteiger partial charge on any atom is -0.352 e. The van der Waals surface area contributed by atoms with E-state index in [0.29, 0.717) is 12.1 Å². The number of nitrogens with one attached hydrogen (secondary N) is 1. The number of nitrogens with zero attached hydrogens (tertiary/aromatic N) is 2. The van der Waals surface area contributed by atoms with Crippen molar-refractivity contribution in [3.05, 3.63) is 84.2 Å². The lowest BCUT2D eigenvalue weighted by atomic mass is 10.1. The van der Waals surface area contributed by atoms with Crippen molar-refractivity contribution in [2.45, 2.75) is 19.3 Å². The van der Waals surface area contributed by atoms with Gasteiger partial charge >= 0.3 is 0 Å². The Hall–Kier alpha value is -2.88. The molecule has 122 valence electrons. The third-order valence-corrected chi connectivity index (χ3v) is 3.89. The van der Waals surface area contributed by atoms with Gasteiger partial charge < -0.3 is 5.32 Å². The number of hydrogen-bond donors (Lipinski definition) is 1. The molecule has 0 fully saturated rings.